The molecule has 2 atom stereocenters. The van der Waals surface area contributed by atoms with Crippen molar-refractivity contribution >= 4 is 0 Å². The Labute approximate surface area is 94.6 Å². The maximum atomic E-state index is 4.56. The van der Waals surface area contributed by atoms with E-state index in [9.17, 15) is 0 Å². The van der Waals surface area contributed by atoms with E-state index in [0.29, 0.717) is 0 Å². The van der Waals surface area contributed by atoms with Crippen molar-refractivity contribution in [2.75, 3.05) is 0 Å². The van der Waals surface area contributed by atoms with Gasteiger partial charge in [-0.25, -0.2) is 0 Å². The molecular weight excluding hydrogens is 211 g/mol. The van der Waals surface area contributed by atoms with Gasteiger partial charge in [0.1, 0.15) is 0 Å². The summed E-state index contributed by atoms with van der Waals surface area (Å²) < 4.78 is 0. The predicted molar refractivity (Wildman–Crippen MR) is 43.1 cm³/mol. The van der Waals surface area contributed by atoms with Gasteiger partial charge in [0, 0.05) is 32.7 Å². The zero-order valence-electron chi connectivity index (χ0n) is 7.46. The smallest absolute Gasteiger partial charge is 0 e. The quantitative estimate of drug-likeness (QED) is 0.653. The van der Waals surface area contributed by atoms with Crippen LogP contribution in [0.25, 0.3) is 5.32 Å². The Kier molecular flexibility index (Phi) is 3.55. The third-order valence-electron chi connectivity index (χ3n) is 3.06. The van der Waals surface area contributed by atoms with Gasteiger partial charge in [-0.15, -0.1) is 12.1 Å². The molecule has 1 aliphatic carbocycles. The number of hydrogen-bond donors (Lipinski definition) is 0. The first-order valence-corrected chi connectivity index (χ1v) is 4.45. The van der Waals surface area contributed by atoms with E-state index < -0.39 is 0 Å². The summed E-state index contributed by atoms with van der Waals surface area (Å²) in [5, 5.41) is 4.56. The molecule has 2 bridgehead atoms. The van der Waals surface area contributed by atoms with Crippen LogP contribution in [0.5, 0.6) is 0 Å². The molecule has 61 valence electrons. The summed E-state index contributed by atoms with van der Waals surface area (Å²) in [5.74, 6) is 1.88. The molecule has 2 aliphatic heterocycles. The van der Waals surface area contributed by atoms with Crippen molar-refractivity contribution in [2.24, 2.45) is 11.8 Å². The van der Waals surface area contributed by atoms with E-state index in [2.05, 4.69) is 19.2 Å². The molecule has 0 aromatic heterocycles. The Bertz CT molecular complexity index is 120. The molecule has 11 heavy (non-hydrogen) atoms. The van der Waals surface area contributed by atoms with E-state index in [4.69, 9.17) is 0 Å². The topological polar surface area (TPSA) is 14.1 Å². The summed E-state index contributed by atoms with van der Waals surface area (Å²) in [5.41, 5.74) is 0. The summed E-state index contributed by atoms with van der Waals surface area (Å²) in [6.45, 7) is 4.69. The molecule has 3 fully saturated rings. The van der Waals surface area contributed by atoms with E-state index in [1.807, 2.05) is 0 Å². The molecular formula is C9H16NY-. The van der Waals surface area contributed by atoms with Gasteiger partial charge in [-0.05, 0) is 11.8 Å². The molecule has 1 nitrogen and oxygen atoms in total. The van der Waals surface area contributed by atoms with Crippen LogP contribution in [0.1, 0.15) is 33.1 Å². The van der Waals surface area contributed by atoms with Crippen LogP contribution in [0.3, 0.4) is 0 Å². The second-order valence-corrected chi connectivity index (χ2v) is 4.17. The zero-order valence-corrected chi connectivity index (χ0v) is 10.3. The summed E-state index contributed by atoms with van der Waals surface area (Å²) in [6, 6.07) is 1.54. The molecule has 2 heteroatoms. The van der Waals surface area contributed by atoms with Crippen LogP contribution in [-0.4, -0.2) is 12.1 Å². The fourth-order valence-corrected chi connectivity index (χ4v) is 2.25. The Hall–Kier alpha value is 1.06. The van der Waals surface area contributed by atoms with Gasteiger partial charge in [-0.1, -0.05) is 33.1 Å². The molecule has 2 heterocycles. The fraction of sp³-hybridized carbons (Fsp3) is 1.00. The SMILES string of the molecule is CC(C)C1CC2CC(C1)[N-]2.[Y]. The summed E-state index contributed by atoms with van der Waals surface area (Å²) in [6.07, 6.45) is 4.17. The minimum absolute atomic E-state index is 0. The maximum Gasteiger partial charge on any atom is 0 e. The molecule has 2 saturated heterocycles. The van der Waals surface area contributed by atoms with Crippen molar-refractivity contribution in [1.29, 1.82) is 0 Å². The van der Waals surface area contributed by atoms with Gasteiger partial charge in [0.2, 0.25) is 0 Å². The average molecular weight is 227 g/mol. The molecule has 0 amide bonds. The summed E-state index contributed by atoms with van der Waals surface area (Å²) in [4.78, 5) is 0. The van der Waals surface area contributed by atoms with Gasteiger partial charge in [0.05, 0.1) is 0 Å². The van der Waals surface area contributed by atoms with E-state index in [1.165, 1.54) is 19.3 Å². The van der Waals surface area contributed by atoms with Gasteiger partial charge in [0.15, 0.2) is 0 Å². The van der Waals surface area contributed by atoms with Gasteiger partial charge in [-0.3, -0.25) is 0 Å². The number of piperidine rings is 1. The number of hydrogen-bond acceptors (Lipinski definition) is 0. The van der Waals surface area contributed by atoms with Gasteiger partial charge < -0.3 is 5.32 Å². The monoisotopic (exact) mass is 227 g/mol. The van der Waals surface area contributed by atoms with Crippen molar-refractivity contribution in [2.45, 2.75) is 45.2 Å². The van der Waals surface area contributed by atoms with E-state index >= 15 is 0 Å². The van der Waals surface area contributed by atoms with Crippen LogP contribution in [0, 0.1) is 11.8 Å². The average Bonchev–Trinajstić information content (AvgIpc) is 1.86. The molecule has 1 radical (unpaired) electrons. The second kappa shape index (κ2) is 3.85. The Morgan fingerprint density at radius 3 is 1.82 bits per heavy atom. The second-order valence-electron chi connectivity index (χ2n) is 4.17. The minimum atomic E-state index is 0. The maximum absolute atomic E-state index is 4.56. The van der Waals surface area contributed by atoms with Crippen LogP contribution in [0.2, 0.25) is 0 Å². The van der Waals surface area contributed by atoms with Crippen molar-refractivity contribution in [3.05, 3.63) is 5.32 Å². The van der Waals surface area contributed by atoms with Gasteiger partial charge >= 0.3 is 0 Å². The minimum Gasteiger partial charge on any atom is -0.657 e. The van der Waals surface area contributed by atoms with Crippen LogP contribution in [-0.2, 0) is 32.7 Å². The molecule has 3 rings (SSSR count). The summed E-state index contributed by atoms with van der Waals surface area (Å²) >= 11 is 0. The summed E-state index contributed by atoms with van der Waals surface area (Å²) in [7, 11) is 0. The Morgan fingerprint density at radius 2 is 1.55 bits per heavy atom. The van der Waals surface area contributed by atoms with Gasteiger partial charge in [0.25, 0.3) is 0 Å². The fourth-order valence-electron chi connectivity index (χ4n) is 2.25. The number of rotatable bonds is 1. The van der Waals surface area contributed by atoms with Crippen LogP contribution in [0.15, 0.2) is 0 Å². The molecule has 0 aromatic rings. The van der Waals surface area contributed by atoms with Crippen molar-refractivity contribution in [1.82, 2.24) is 0 Å². The van der Waals surface area contributed by atoms with Crippen molar-refractivity contribution in [3.8, 4) is 0 Å². The standard InChI is InChI=1S/C9H16N.Y/c1-6(2)7-3-8-5-9(4-7)10-8;/h6-9H,3-5H2,1-2H3;/q-1;. The number of nitrogens with zero attached hydrogens (tertiary/aromatic N) is 1. The Balaban J connectivity index is 0.000000605. The number of fused-ring (bicyclic) bond motifs is 2. The van der Waals surface area contributed by atoms with Crippen molar-refractivity contribution < 1.29 is 32.7 Å². The van der Waals surface area contributed by atoms with Gasteiger partial charge in [-0.2, -0.15) is 0 Å². The first-order valence-electron chi connectivity index (χ1n) is 4.45. The first-order chi connectivity index (χ1) is 4.75. The molecule has 1 saturated carbocycles. The van der Waals surface area contributed by atoms with E-state index in [0.717, 1.165) is 23.9 Å². The molecule has 0 spiro atoms. The molecule has 0 aromatic carbocycles. The molecule has 3 aliphatic rings. The normalized spacial score (nSPS) is 41.2. The molecule has 2 unspecified atom stereocenters. The van der Waals surface area contributed by atoms with Crippen LogP contribution >= 0.6 is 0 Å². The van der Waals surface area contributed by atoms with Crippen LogP contribution in [0.4, 0.5) is 0 Å². The largest absolute Gasteiger partial charge is 0.657 e. The van der Waals surface area contributed by atoms with E-state index in [1.54, 1.807) is 0 Å². The third-order valence-corrected chi connectivity index (χ3v) is 3.06. The molecule has 0 N–H and O–H groups in total. The predicted octanol–water partition coefficient (Wildman–Crippen LogP) is 2.56. The van der Waals surface area contributed by atoms with E-state index in [-0.39, 0.29) is 32.7 Å². The van der Waals surface area contributed by atoms with Crippen LogP contribution < -0.4 is 0 Å². The Morgan fingerprint density at radius 1 is 1.09 bits per heavy atom. The first kappa shape index (κ1) is 10.1. The van der Waals surface area contributed by atoms with Crippen molar-refractivity contribution in [3.63, 3.8) is 0 Å². The zero-order chi connectivity index (χ0) is 7.14. The third kappa shape index (κ3) is 2.05.